The van der Waals surface area contributed by atoms with Crippen LogP contribution in [0.1, 0.15) is 29.8 Å². The van der Waals surface area contributed by atoms with Crippen LogP contribution in [0.25, 0.3) is 11.1 Å². The van der Waals surface area contributed by atoms with Crippen molar-refractivity contribution in [1.29, 1.82) is 0 Å². The Morgan fingerprint density at radius 1 is 0.938 bits per heavy atom. The standard InChI is InChI=1S/C26H27NO5/c1-18(2)32-23-13-6-4-9-21(23)16-27(17-25(28)29)26(30)20-11-8-10-19(15-20)22-12-5-7-14-24(22)31-3/h4-15,18H,16-17H2,1-3H3,(H,28,29). The third kappa shape index (κ3) is 5.66. The van der Waals surface area contributed by atoms with Crippen LogP contribution in [0.2, 0.25) is 0 Å². The smallest absolute Gasteiger partial charge is 0.323 e. The van der Waals surface area contributed by atoms with Gasteiger partial charge in [0.05, 0.1) is 19.8 Å². The minimum absolute atomic E-state index is 0.0442. The quantitative estimate of drug-likeness (QED) is 0.521. The number of amides is 1. The molecule has 0 bridgehead atoms. The Morgan fingerprint density at radius 2 is 1.62 bits per heavy atom. The van der Waals surface area contributed by atoms with Gasteiger partial charge in [0.1, 0.15) is 18.0 Å². The molecular weight excluding hydrogens is 406 g/mol. The van der Waals surface area contributed by atoms with Gasteiger partial charge >= 0.3 is 5.97 Å². The van der Waals surface area contributed by atoms with E-state index >= 15 is 0 Å². The summed E-state index contributed by atoms with van der Waals surface area (Å²) in [6.07, 6.45) is -0.0442. The molecule has 3 rings (SSSR count). The van der Waals surface area contributed by atoms with E-state index in [4.69, 9.17) is 9.47 Å². The number of ether oxygens (including phenoxy) is 2. The molecule has 0 unspecified atom stereocenters. The van der Waals surface area contributed by atoms with Crippen molar-refractivity contribution in [2.75, 3.05) is 13.7 Å². The number of hydrogen-bond acceptors (Lipinski definition) is 4. The van der Waals surface area contributed by atoms with E-state index in [9.17, 15) is 14.7 Å². The van der Waals surface area contributed by atoms with E-state index in [2.05, 4.69) is 0 Å². The minimum Gasteiger partial charge on any atom is -0.496 e. The van der Waals surface area contributed by atoms with E-state index in [0.29, 0.717) is 17.1 Å². The summed E-state index contributed by atoms with van der Waals surface area (Å²) in [7, 11) is 1.60. The molecule has 0 aliphatic rings. The van der Waals surface area contributed by atoms with Gasteiger partial charge in [0.15, 0.2) is 0 Å². The lowest BCUT2D eigenvalue weighted by atomic mass is 10.0. The number of aliphatic carboxylic acids is 1. The maximum atomic E-state index is 13.3. The molecule has 3 aromatic rings. The second-order valence-corrected chi connectivity index (χ2v) is 7.61. The Balaban J connectivity index is 1.93. The molecule has 6 heteroatoms. The van der Waals surface area contributed by atoms with Gasteiger partial charge in [-0.3, -0.25) is 9.59 Å². The van der Waals surface area contributed by atoms with Crippen molar-refractivity contribution < 1.29 is 24.2 Å². The summed E-state index contributed by atoms with van der Waals surface area (Å²) in [6.45, 7) is 3.53. The molecule has 166 valence electrons. The zero-order chi connectivity index (χ0) is 23.1. The SMILES string of the molecule is COc1ccccc1-c1cccc(C(=O)N(CC(=O)O)Cc2ccccc2OC(C)C)c1. The number of benzene rings is 3. The number of carbonyl (C=O) groups excluding carboxylic acids is 1. The summed E-state index contributed by atoms with van der Waals surface area (Å²) in [6, 6.07) is 22.0. The number of hydrogen-bond donors (Lipinski definition) is 1. The van der Waals surface area contributed by atoms with Crippen molar-refractivity contribution in [3.8, 4) is 22.6 Å². The van der Waals surface area contributed by atoms with E-state index in [1.54, 1.807) is 25.3 Å². The fourth-order valence-corrected chi connectivity index (χ4v) is 3.46. The highest BCUT2D eigenvalue weighted by Crippen LogP contribution is 2.30. The molecule has 3 aromatic carbocycles. The summed E-state index contributed by atoms with van der Waals surface area (Å²) >= 11 is 0. The number of rotatable bonds is 9. The highest BCUT2D eigenvalue weighted by molar-refractivity contribution is 5.97. The zero-order valence-electron chi connectivity index (χ0n) is 18.4. The predicted molar refractivity (Wildman–Crippen MR) is 123 cm³/mol. The molecule has 0 aliphatic heterocycles. The number of carboxylic acid groups (broad SMARTS) is 1. The maximum Gasteiger partial charge on any atom is 0.323 e. The Labute approximate surface area is 188 Å². The molecular formula is C26H27NO5. The van der Waals surface area contributed by atoms with Crippen LogP contribution in [0.5, 0.6) is 11.5 Å². The number of carboxylic acids is 1. The zero-order valence-corrected chi connectivity index (χ0v) is 18.4. The van der Waals surface area contributed by atoms with Gasteiger partial charge in [0.25, 0.3) is 5.91 Å². The number of nitrogens with zero attached hydrogens (tertiary/aromatic N) is 1. The average molecular weight is 434 g/mol. The van der Waals surface area contributed by atoms with Crippen LogP contribution in [-0.4, -0.2) is 41.6 Å². The first kappa shape index (κ1) is 22.9. The monoisotopic (exact) mass is 433 g/mol. The molecule has 0 radical (unpaired) electrons. The first-order valence-corrected chi connectivity index (χ1v) is 10.4. The average Bonchev–Trinajstić information content (AvgIpc) is 2.78. The molecule has 0 aliphatic carbocycles. The summed E-state index contributed by atoms with van der Waals surface area (Å²) in [5.74, 6) is -0.127. The van der Waals surface area contributed by atoms with Gasteiger partial charge in [-0.05, 0) is 43.7 Å². The number of methoxy groups -OCH3 is 1. The van der Waals surface area contributed by atoms with Crippen molar-refractivity contribution in [3.05, 3.63) is 83.9 Å². The molecule has 0 saturated heterocycles. The Bertz CT molecular complexity index is 1090. The molecule has 32 heavy (non-hydrogen) atoms. The lowest BCUT2D eigenvalue weighted by molar-refractivity contribution is -0.137. The van der Waals surface area contributed by atoms with Crippen molar-refractivity contribution in [2.24, 2.45) is 0 Å². The normalized spacial score (nSPS) is 10.6. The lowest BCUT2D eigenvalue weighted by Gasteiger charge is -2.23. The van der Waals surface area contributed by atoms with E-state index in [1.165, 1.54) is 4.90 Å². The molecule has 0 spiro atoms. The fourth-order valence-electron chi connectivity index (χ4n) is 3.46. The van der Waals surface area contributed by atoms with Crippen LogP contribution < -0.4 is 9.47 Å². The molecule has 0 saturated carbocycles. The lowest BCUT2D eigenvalue weighted by Crippen LogP contribution is -2.35. The van der Waals surface area contributed by atoms with E-state index in [1.807, 2.05) is 68.4 Å². The second kappa shape index (κ2) is 10.5. The van der Waals surface area contributed by atoms with Gasteiger partial charge in [-0.25, -0.2) is 0 Å². The highest BCUT2D eigenvalue weighted by Gasteiger charge is 2.21. The molecule has 1 amide bonds. The van der Waals surface area contributed by atoms with Crippen LogP contribution >= 0.6 is 0 Å². The second-order valence-electron chi connectivity index (χ2n) is 7.61. The van der Waals surface area contributed by atoms with E-state index < -0.39 is 12.5 Å². The van der Waals surface area contributed by atoms with Gasteiger partial charge in [-0.1, -0.05) is 48.5 Å². The minimum atomic E-state index is -1.08. The third-order valence-corrected chi connectivity index (χ3v) is 4.84. The Morgan fingerprint density at radius 3 is 2.31 bits per heavy atom. The van der Waals surface area contributed by atoms with Gasteiger partial charge in [-0.2, -0.15) is 0 Å². The third-order valence-electron chi connectivity index (χ3n) is 4.84. The van der Waals surface area contributed by atoms with Crippen LogP contribution in [0.4, 0.5) is 0 Å². The number of para-hydroxylation sites is 2. The maximum absolute atomic E-state index is 13.3. The van der Waals surface area contributed by atoms with Crippen molar-refractivity contribution in [3.63, 3.8) is 0 Å². The molecule has 0 heterocycles. The Kier molecular flexibility index (Phi) is 7.49. The first-order chi connectivity index (χ1) is 15.4. The van der Waals surface area contributed by atoms with Crippen molar-refractivity contribution >= 4 is 11.9 Å². The van der Waals surface area contributed by atoms with E-state index in [-0.39, 0.29) is 18.6 Å². The number of carbonyl (C=O) groups is 2. The largest absolute Gasteiger partial charge is 0.496 e. The first-order valence-electron chi connectivity index (χ1n) is 10.4. The van der Waals surface area contributed by atoms with Crippen LogP contribution in [0, 0.1) is 0 Å². The summed E-state index contributed by atoms with van der Waals surface area (Å²) in [5, 5.41) is 9.43. The van der Waals surface area contributed by atoms with Crippen LogP contribution in [-0.2, 0) is 11.3 Å². The van der Waals surface area contributed by atoms with Crippen molar-refractivity contribution in [2.45, 2.75) is 26.5 Å². The molecule has 6 nitrogen and oxygen atoms in total. The van der Waals surface area contributed by atoms with E-state index in [0.717, 1.165) is 16.7 Å². The molecule has 0 atom stereocenters. The van der Waals surface area contributed by atoms with Gasteiger partial charge in [-0.15, -0.1) is 0 Å². The van der Waals surface area contributed by atoms with Crippen molar-refractivity contribution in [1.82, 2.24) is 4.90 Å². The highest BCUT2D eigenvalue weighted by atomic mass is 16.5. The predicted octanol–water partition coefficient (Wildman–Crippen LogP) is 4.88. The van der Waals surface area contributed by atoms with Crippen LogP contribution in [0.3, 0.4) is 0 Å². The molecule has 0 aromatic heterocycles. The van der Waals surface area contributed by atoms with Crippen LogP contribution in [0.15, 0.2) is 72.8 Å². The van der Waals surface area contributed by atoms with Gasteiger partial charge in [0, 0.05) is 16.7 Å². The topological polar surface area (TPSA) is 76.1 Å². The summed E-state index contributed by atoms with van der Waals surface area (Å²) in [4.78, 5) is 26.2. The summed E-state index contributed by atoms with van der Waals surface area (Å²) < 4.78 is 11.3. The molecule has 1 N–H and O–H groups in total. The van der Waals surface area contributed by atoms with Gasteiger partial charge < -0.3 is 19.5 Å². The molecule has 0 fully saturated rings. The van der Waals surface area contributed by atoms with Gasteiger partial charge in [0.2, 0.25) is 0 Å². The fraction of sp³-hybridized carbons (Fsp3) is 0.231. The summed E-state index contributed by atoms with van der Waals surface area (Å²) in [5.41, 5.74) is 2.81. The Hall–Kier alpha value is -3.80.